The van der Waals surface area contributed by atoms with E-state index in [1.54, 1.807) is 0 Å². The summed E-state index contributed by atoms with van der Waals surface area (Å²) in [7, 11) is 0. The van der Waals surface area contributed by atoms with Crippen LogP contribution in [0.4, 0.5) is 5.69 Å². The zero-order chi connectivity index (χ0) is 11.4. The van der Waals surface area contributed by atoms with Gasteiger partial charge < -0.3 is 10.5 Å². The molecule has 3 heteroatoms. The van der Waals surface area contributed by atoms with Crippen molar-refractivity contribution in [2.24, 2.45) is 0 Å². The molecule has 0 atom stereocenters. The first-order valence-electron chi connectivity index (χ1n) is 4.80. The van der Waals surface area contributed by atoms with E-state index in [4.69, 9.17) is 22.1 Å². The molecule has 0 fully saturated rings. The minimum Gasteiger partial charge on any atom is -0.489 e. The molecular formula is C12H16ClNO. The zero-order valence-electron chi connectivity index (χ0n) is 9.30. The molecule has 2 N–H and O–H groups in total. The lowest BCUT2D eigenvalue weighted by atomic mass is 10.1. The van der Waals surface area contributed by atoms with E-state index in [1.807, 2.05) is 32.9 Å². The summed E-state index contributed by atoms with van der Waals surface area (Å²) in [6.45, 7) is 6.37. The van der Waals surface area contributed by atoms with Gasteiger partial charge >= 0.3 is 0 Å². The van der Waals surface area contributed by atoms with Crippen LogP contribution in [0.15, 0.2) is 23.2 Å². The average Bonchev–Trinajstić information content (AvgIpc) is 2.21. The van der Waals surface area contributed by atoms with Crippen molar-refractivity contribution < 1.29 is 4.74 Å². The molecule has 1 rings (SSSR count). The SMILES string of the molecule is C/C(=C/Cl)COc1cc(C)c(N)cc1C. The Morgan fingerprint density at radius 3 is 2.67 bits per heavy atom. The lowest BCUT2D eigenvalue weighted by Gasteiger charge is -2.11. The molecule has 0 aliphatic rings. The quantitative estimate of drug-likeness (QED) is 0.801. The van der Waals surface area contributed by atoms with Crippen molar-refractivity contribution in [1.82, 2.24) is 0 Å². The molecule has 0 saturated heterocycles. The highest BCUT2D eigenvalue weighted by atomic mass is 35.5. The maximum absolute atomic E-state index is 5.78. The number of benzene rings is 1. The van der Waals surface area contributed by atoms with Crippen molar-refractivity contribution >= 4 is 17.3 Å². The van der Waals surface area contributed by atoms with E-state index in [2.05, 4.69) is 0 Å². The van der Waals surface area contributed by atoms with Crippen LogP contribution in [0.3, 0.4) is 0 Å². The first-order valence-corrected chi connectivity index (χ1v) is 5.23. The van der Waals surface area contributed by atoms with E-state index in [0.717, 1.165) is 28.1 Å². The van der Waals surface area contributed by atoms with E-state index in [9.17, 15) is 0 Å². The van der Waals surface area contributed by atoms with Crippen molar-refractivity contribution in [2.75, 3.05) is 12.3 Å². The van der Waals surface area contributed by atoms with Gasteiger partial charge in [0.15, 0.2) is 0 Å². The van der Waals surface area contributed by atoms with Gasteiger partial charge in [-0.25, -0.2) is 0 Å². The van der Waals surface area contributed by atoms with Gasteiger partial charge in [0, 0.05) is 11.2 Å². The molecular weight excluding hydrogens is 210 g/mol. The molecule has 1 aromatic rings. The molecule has 0 saturated carbocycles. The van der Waals surface area contributed by atoms with Gasteiger partial charge in [0.1, 0.15) is 12.4 Å². The number of ether oxygens (including phenoxy) is 1. The predicted molar refractivity (Wildman–Crippen MR) is 65.4 cm³/mol. The summed E-state index contributed by atoms with van der Waals surface area (Å²) in [5, 5.41) is 0. The van der Waals surface area contributed by atoms with Gasteiger partial charge in [-0.2, -0.15) is 0 Å². The summed E-state index contributed by atoms with van der Waals surface area (Å²) in [5.74, 6) is 0.861. The molecule has 0 aromatic heterocycles. The lowest BCUT2D eigenvalue weighted by molar-refractivity contribution is 0.350. The van der Waals surface area contributed by atoms with Crippen LogP contribution in [0.1, 0.15) is 18.1 Å². The minimum absolute atomic E-state index is 0.508. The molecule has 0 spiro atoms. The first-order chi connectivity index (χ1) is 7.04. The lowest BCUT2D eigenvalue weighted by Crippen LogP contribution is -2.01. The smallest absolute Gasteiger partial charge is 0.123 e. The molecule has 15 heavy (non-hydrogen) atoms. The fraction of sp³-hybridized carbons (Fsp3) is 0.333. The van der Waals surface area contributed by atoms with Crippen LogP contribution in [0.2, 0.25) is 0 Å². The van der Waals surface area contributed by atoms with Gasteiger partial charge in [0.25, 0.3) is 0 Å². The van der Waals surface area contributed by atoms with Crippen LogP contribution in [0, 0.1) is 13.8 Å². The summed E-state index contributed by atoms with van der Waals surface area (Å²) in [4.78, 5) is 0. The number of nitrogens with two attached hydrogens (primary N) is 1. The number of anilines is 1. The molecule has 0 aliphatic heterocycles. The van der Waals surface area contributed by atoms with Gasteiger partial charge in [0.2, 0.25) is 0 Å². The third-order valence-electron chi connectivity index (χ3n) is 2.21. The topological polar surface area (TPSA) is 35.2 Å². The normalized spacial score (nSPS) is 11.6. The molecule has 0 bridgehead atoms. The third kappa shape index (κ3) is 3.17. The predicted octanol–water partition coefficient (Wildman–Crippen LogP) is 3.41. The minimum atomic E-state index is 0.508. The highest BCUT2D eigenvalue weighted by molar-refractivity contribution is 6.25. The molecule has 0 amide bonds. The Morgan fingerprint density at radius 2 is 2.07 bits per heavy atom. The molecule has 0 radical (unpaired) electrons. The molecule has 0 heterocycles. The van der Waals surface area contributed by atoms with Gasteiger partial charge in [-0.05, 0) is 49.6 Å². The second-order valence-corrected chi connectivity index (χ2v) is 3.94. The second-order valence-electron chi connectivity index (χ2n) is 3.72. The van der Waals surface area contributed by atoms with Crippen molar-refractivity contribution in [3.05, 3.63) is 34.4 Å². The maximum Gasteiger partial charge on any atom is 0.123 e. The van der Waals surface area contributed by atoms with Crippen LogP contribution in [-0.4, -0.2) is 6.61 Å². The average molecular weight is 226 g/mol. The highest BCUT2D eigenvalue weighted by Crippen LogP contribution is 2.24. The summed E-state index contributed by atoms with van der Waals surface area (Å²) in [6.07, 6.45) is 0. The van der Waals surface area contributed by atoms with Crippen molar-refractivity contribution in [1.29, 1.82) is 0 Å². The van der Waals surface area contributed by atoms with E-state index in [1.165, 1.54) is 5.54 Å². The molecule has 0 unspecified atom stereocenters. The van der Waals surface area contributed by atoms with E-state index < -0.39 is 0 Å². The number of hydrogen-bond acceptors (Lipinski definition) is 2. The Kier molecular flexibility index (Phi) is 4.04. The largest absolute Gasteiger partial charge is 0.489 e. The summed E-state index contributed by atoms with van der Waals surface area (Å²) < 4.78 is 5.62. The number of hydrogen-bond donors (Lipinski definition) is 1. The van der Waals surface area contributed by atoms with Gasteiger partial charge in [0.05, 0.1) is 0 Å². The third-order valence-corrected chi connectivity index (χ3v) is 2.58. The molecule has 82 valence electrons. The summed E-state index contributed by atoms with van der Waals surface area (Å²) in [6, 6.07) is 3.87. The first kappa shape index (κ1) is 11.9. The van der Waals surface area contributed by atoms with Gasteiger partial charge in [-0.3, -0.25) is 0 Å². The Balaban J connectivity index is 2.82. The molecule has 0 aliphatic carbocycles. The fourth-order valence-corrected chi connectivity index (χ4v) is 1.25. The van der Waals surface area contributed by atoms with E-state index in [-0.39, 0.29) is 0 Å². The van der Waals surface area contributed by atoms with Crippen LogP contribution in [-0.2, 0) is 0 Å². The number of nitrogen functional groups attached to an aromatic ring is 1. The second kappa shape index (κ2) is 5.08. The van der Waals surface area contributed by atoms with Crippen molar-refractivity contribution in [3.8, 4) is 5.75 Å². The molecule has 2 nitrogen and oxygen atoms in total. The molecule has 1 aromatic carbocycles. The van der Waals surface area contributed by atoms with Crippen LogP contribution >= 0.6 is 11.6 Å². The van der Waals surface area contributed by atoms with Crippen molar-refractivity contribution in [2.45, 2.75) is 20.8 Å². The standard InChI is InChI=1S/C12H16ClNO/c1-8(6-13)7-15-12-5-9(2)11(14)4-10(12)3/h4-6H,7,14H2,1-3H3/b8-6-. The Labute approximate surface area is 95.7 Å². The van der Waals surface area contributed by atoms with Crippen LogP contribution < -0.4 is 10.5 Å². The summed E-state index contributed by atoms with van der Waals surface area (Å²) >= 11 is 5.55. The number of aryl methyl sites for hydroxylation is 2. The Hall–Kier alpha value is -1.15. The van der Waals surface area contributed by atoms with Gasteiger partial charge in [-0.1, -0.05) is 11.6 Å². The fourth-order valence-electron chi connectivity index (χ4n) is 1.19. The Bertz CT molecular complexity index is 385. The van der Waals surface area contributed by atoms with E-state index >= 15 is 0 Å². The van der Waals surface area contributed by atoms with Crippen LogP contribution in [0.25, 0.3) is 0 Å². The number of rotatable bonds is 3. The highest BCUT2D eigenvalue weighted by Gasteiger charge is 2.03. The maximum atomic E-state index is 5.78. The summed E-state index contributed by atoms with van der Waals surface area (Å²) in [5.41, 5.74) is 11.2. The monoisotopic (exact) mass is 225 g/mol. The Morgan fingerprint density at radius 1 is 1.40 bits per heavy atom. The number of halogens is 1. The van der Waals surface area contributed by atoms with Gasteiger partial charge in [-0.15, -0.1) is 0 Å². The zero-order valence-corrected chi connectivity index (χ0v) is 10.1. The van der Waals surface area contributed by atoms with E-state index in [0.29, 0.717) is 6.61 Å². The van der Waals surface area contributed by atoms with Crippen LogP contribution in [0.5, 0.6) is 5.75 Å². The van der Waals surface area contributed by atoms with Crippen molar-refractivity contribution in [3.63, 3.8) is 0 Å².